The first-order valence-corrected chi connectivity index (χ1v) is 11.3. The molecule has 4 rings (SSSR count). The molecule has 1 aliphatic rings. The fourth-order valence-electron chi connectivity index (χ4n) is 3.24. The molecule has 1 aliphatic heterocycles. The van der Waals surface area contributed by atoms with E-state index in [-0.39, 0.29) is 11.4 Å². The van der Waals surface area contributed by atoms with Gasteiger partial charge in [0.1, 0.15) is 30.4 Å². The summed E-state index contributed by atoms with van der Waals surface area (Å²) >= 11 is 2.23. The Hall–Kier alpha value is -3.73. The van der Waals surface area contributed by atoms with Crippen LogP contribution in [0.4, 0.5) is 14.9 Å². The van der Waals surface area contributed by atoms with Gasteiger partial charge in [-0.1, -0.05) is 42.5 Å². The highest BCUT2D eigenvalue weighted by Gasteiger charge is 2.35. The standard InChI is InChI=1S/C25H19FIN3O4/c26-19-6-2-3-7-20(19)28-23(31)14-30-24(32)21(29-25(30)33)13-17-5-1-4-8-22(17)34-15-16-9-11-18(27)12-10-16/h1-13H,14-15H2,(H,28,31)(H,29,33)/b21-13+. The molecule has 2 N–H and O–H groups in total. The molecule has 1 fully saturated rings. The number of imide groups is 1. The van der Waals surface area contributed by atoms with Crippen LogP contribution in [0.25, 0.3) is 6.08 Å². The van der Waals surface area contributed by atoms with Crippen molar-refractivity contribution in [3.8, 4) is 5.75 Å². The highest BCUT2D eigenvalue weighted by Crippen LogP contribution is 2.24. The molecule has 0 aliphatic carbocycles. The predicted molar refractivity (Wildman–Crippen MR) is 133 cm³/mol. The van der Waals surface area contributed by atoms with Gasteiger partial charge >= 0.3 is 6.03 Å². The van der Waals surface area contributed by atoms with E-state index in [1.54, 1.807) is 30.3 Å². The first-order chi connectivity index (χ1) is 16.4. The molecule has 0 unspecified atom stereocenters. The van der Waals surface area contributed by atoms with E-state index >= 15 is 0 Å². The number of carbonyl (C=O) groups excluding carboxylic acids is 3. The number of benzene rings is 3. The van der Waals surface area contributed by atoms with Crippen LogP contribution in [0.5, 0.6) is 5.75 Å². The summed E-state index contributed by atoms with van der Waals surface area (Å²) in [5, 5.41) is 4.84. The Morgan fingerprint density at radius 2 is 1.74 bits per heavy atom. The van der Waals surface area contributed by atoms with E-state index in [0.717, 1.165) is 14.0 Å². The Labute approximate surface area is 208 Å². The van der Waals surface area contributed by atoms with E-state index < -0.39 is 30.2 Å². The minimum Gasteiger partial charge on any atom is -0.488 e. The second-order valence-corrected chi connectivity index (χ2v) is 8.61. The molecule has 9 heteroatoms. The van der Waals surface area contributed by atoms with Gasteiger partial charge in [-0.15, -0.1) is 0 Å². The van der Waals surface area contributed by atoms with Crippen LogP contribution in [0.3, 0.4) is 0 Å². The molecule has 0 radical (unpaired) electrons. The molecule has 4 amide bonds. The van der Waals surface area contributed by atoms with Crippen molar-refractivity contribution in [3.63, 3.8) is 0 Å². The second-order valence-electron chi connectivity index (χ2n) is 7.36. The van der Waals surface area contributed by atoms with E-state index in [1.807, 2.05) is 24.3 Å². The SMILES string of the molecule is O=C(CN1C(=O)N/C(=C/c2ccccc2OCc2ccc(I)cc2)C1=O)Nc1ccccc1F. The molecule has 0 saturated carbocycles. The highest BCUT2D eigenvalue weighted by atomic mass is 127. The third-order valence-electron chi connectivity index (χ3n) is 4.94. The van der Waals surface area contributed by atoms with Gasteiger partial charge in [0.2, 0.25) is 5.91 Å². The van der Waals surface area contributed by atoms with Gasteiger partial charge in [0.05, 0.1) is 5.69 Å². The minimum absolute atomic E-state index is 0.00834. The molecular formula is C25H19FIN3O4. The van der Waals surface area contributed by atoms with Crippen LogP contribution in [0.15, 0.2) is 78.5 Å². The summed E-state index contributed by atoms with van der Waals surface area (Å²) in [4.78, 5) is 38.1. The van der Waals surface area contributed by atoms with Crippen molar-refractivity contribution in [1.82, 2.24) is 10.2 Å². The zero-order valence-corrected chi connectivity index (χ0v) is 19.9. The fraction of sp³-hybridized carbons (Fsp3) is 0.0800. The van der Waals surface area contributed by atoms with E-state index in [2.05, 4.69) is 33.2 Å². The lowest BCUT2D eigenvalue weighted by molar-refractivity contribution is -0.127. The van der Waals surface area contributed by atoms with E-state index in [9.17, 15) is 18.8 Å². The van der Waals surface area contributed by atoms with Crippen molar-refractivity contribution in [2.45, 2.75) is 6.61 Å². The Kier molecular flexibility index (Phi) is 7.21. The Morgan fingerprint density at radius 1 is 1.03 bits per heavy atom. The average molecular weight is 571 g/mol. The third-order valence-corrected chi connectivity index (χ3v) is 5.66. The van der Waals surface area contributed by atoms with Gasteiger partial charge in [-0.25, -0.2) is 14.1 Å². The number of nitrogens with one attached hydrogen (secondary N) is 2. The lowest BCUT2D eigenvalue weighted by Crippen LogP contribution is -2.38. The van der Waals surface area contributed by atoms with Gasteiger partial charge in [0, 0.05) is 9.13 Å². The summed E-state index contributed by atoms with van der Waals surface area (Å²) in [7, 11) is 0. The first-order valence-electron chi connectivity index (χ1n) is 10.3. The molecule has 0 bridgehead atoms. The summed E-state index contributed by atoms with van der Waals surface area (Å²) in [6.07, 6.45) is 1.50. The summed E-state index contributed by atoms with van der Waals surface area (Å²) in [5.74, 6) is -1.45. The summed E-state index contributed by atoms with van der Waals surface area (Å²) in [6, 6.07) is 19.9. The Bertz CT molecular complexity index is 1280. The molecule has 34 heavy (non-hydrogen) atoms. The number of hydrogen-bond acceptors (Lipinski definition) is 4. The number of ether oxygens (including phenoxy) is 1. The molecule has 0 spiro atoms. The van der Waals surface area contributed by atoms with Crippen LogP contribution >= 0.6 is 22.6 Å². The van der Waals surface area contributed by atoms with Crippen molar-refractivity contribution in [2.24, 2.45) is 0 Å². The first kappa shape index (κ1) is 23.4. The smallest absolute Gasteiger partial charge is 0.329 e. The van der Waals surface area contributed by atoms with Crippen molar-refractivity contribution in [1.29, 1.82) is 0 Å². The zero-order chi connectivity index (χ0) is 24.1. The summed E-state index contributed by atoms with van der Waals surface area (Å²) < 4.78 is 20.8. The monoisotopic (exact) mass is 571 g/mol. The topological polar surface area (TPSA) is 87.7 Å². The number of hydrogen-bond donors (Lipinski definition) is 2. The maximum Gasteiger partial charge on any atom is 0.329 e. The van der Waals surface area contributed by atoms with Gasteiger partial charge in [-0.05, 0) is 64.6 Å². The largest absolute Gasteiger partial charge is 0.488 e. The number of nitrogens with zero attached hydrogens (tertiary/aromatic N) is 1. The van der Waals surface area contributed by atoms with Crippen LogP contribution in [0.1, 0.15) is 11.1 Å². The van der Waals surface area contributed by atoms with Crippen molar-refractivity contribution >= 4 is 52.2 Å². The number of carbonyl (C=O) groups is 3. The minimum atomic E-state index is -0.739. The van der Waals surface area contributed by atoms with E-state index in [4.69, 9.17) is 4.74 Å². The average Bonchev–Trinajstić information content (AvgIpc) is 3.08. The molecule has 172 valence electrons. The van der Waals surface area contributed by atoms with Gasteiger partial charge in [0.15, 0.2) is 0 Å². The van der Waals surface area contributed by atoms with E-state index in [0.29, 0.717) is 17.9 Å². The van der Waals surface area contributed by atoms with Crippen molar-refractivity contribution in [2.75, 3.05) is 11.9 Å². The second kappa shape index (κ2) is 10.5. The number of para-hydroxylation sites is 2. The highest BCUT2D eigenvalue weighted by molar-refractivity contribution is 14.1. The van der Waals surface area contributed by atoms with Crippen LogP contribution in [0.2, 0.25) is 0 Å². The molecule has 1 heterocycles. The molecule has 3 aromatic rings. The number of urea groups is 1. The normalized spacial score (nSPS) is 14.3. The number of halogens is 2. The molecule has 0 atom stereocenters. The van der Waals surface area contributed by atoms with Gasteiger partial charge in [0.25, 0.3) is 5.91 Å². The molecule has 1 saturated heterocycles. The lowest BCUT2D eigenvalue weighted by Gasteiger charge is -2.12. The van der Waals surface area contributed by atoms with Gasteiger partial charge < -0.3 is 15.4 Å². The maximum absolute atomic E-state index is 13.8. The summed E-state index contributed by atoms with van der Waals surface area (Å²) in [6.45, 7) is -0.221. The van der Waals surface area contributed by atoms with Crippen LogP contribution in [-0.2, 0) is 16.2 Å². The van der Waals surface area contributed by atoms with Crippen molar-refractivity contribution < 1.29 is 23.5 Å². The molecule has 0 aromatic heterocycles. The quantitative estimate of drug-likeness (QED) is 0.248. The Balaban J connectivity index is 1.45. The third kappa shape index (κ3) is 5.60. The van der Waals surface area contributed by atoms with Crippen LogP contribution in [-0.4, -0.2) is 29.3 Å². The van der Waals surface area contributed by atoms with Gasteiger partial charge in [-0.2, -0.15) is 0 Å². The number of rotatable bonds is 7. The molecule has 3 aromatic carbocycles. The van der Waals surface area contributed by atoms with Crippen molar-refractivity contribution in [3.05, 3.63) is 99.0 Å². The molecule has 7 nitrogen and oxygen atoms in total. The fourth-order valence-corrected chi connectivity index (χ4v) is 3.60. The van der Waals surface area contributed by atoms with Crippen LogP contribution < -0.4 is 15.4 Å². The van der Waals surface area contributed by atoms with Crippen LogP contribution in [0, 0.1) is 9.39 Å². The lowest BCUT2D eigenvalue weighted by atomic mass is 10.1. The number of anilines is 1. The molecular weight excluding hydrogens is 552 g/mol. The number of amides is 4. The zero-order valence-electron chi connectivity index (χ0n) is 17.8. The Morgan fingerprint density at radius 3 is 2.50 bits per heavy atom. The summed E-state index contributed by atoms with van der Waals surface area (Å²) in [5.41, 5.74) is 1.55. The predicted octanol–water partition coefficient (Wildman–Crippen LogP) is 4.54. The maximum atomic E-state index is 13.8. The van der Waals surface area contributed by atoms with Gasteiger partial charge in [-0.3, -0.25) is 9.59 Å². The van der Waals surface area contributed by atoms with E-state index in [1.165, 1.54) is 24.3 Å².